The van der Waals surface area contributed by atoms with Crippen LogP contribution in [0.5, 0.6) is 0 Å². The number of carbonyl (C=O) groups is 1. The molecule has 0 radical (unpaired) electrons. The van der Waals surface area contributed by atoms with E-state index in [-0.39, 0.29) is 11.3 Å². The summed E-state index contributed by atoms with van der Waals surface area (Å²) in [6, 6.07) is 8.78. The first kappa shape index (κ1) is 14.8. The molecule has 0 saturated heterocycles. The molecule has 7 heteroatoms. The van der Waals surface area contributed by atoms with Gasteiger partial charge in [0.2, 0.25) is 0 Å². The molecule has 0 spiro atoms. The van der Waals surface area contributed by atoms with E-state index < -0.39 is 10.8 Å². The third-order valence-corrected chi connectivity index (χ3v) is 3.16. The number of nitro benzene ring substituents is 1. The molecule has 0 unspecified atom stereocenters. The number of nitrogens with two attached hydrogens (primary N) is 1. The molecule has 6 nitrogen and oxygen atoms in total. The van der Waals surface area contributed by atoms with Gasteiger partial charge < -0.3 is 11.1 Å². The van der Waals surface area contributed by atoms with E-state index in [1.54, 1.807) is 19.1 Å². The Kier molecular flexibility index (Phi) is 4.09. The Balaban J connectivity index is 2.27. The molecular formula is C14H12ClN3O3. The number of anilines is 2. The molecule has 0 heterocycles. The van der Waals surface area contributed by atoms with Gasteiger partial charge >= 0.3 is 0 Å². The number of halogens is 1. The molecule has 0 fully saturated rings. The molecule has 2 rings (SSSR count). The van der Waals surface area contributed by atoms with Crippen LogP contribution >= 0.6 is 11.6 Å². The number of hydrogen-bond donors (Lipinski definition) is 2. The molecule has 0 aliphatic heterocycles. The summed E-state index contributed by atoms with van der Waals surface area (Å²) in [4.78, 5) is 22.4. The van der Waals surface area contributed by atoms with Crippen molar-refractivity contribution in [2.24, 2.45) is 0 Å². The zero-order chi connectivity index (χ0) is 15.6. The van der Waals surface area contributed by atoms with Gasteiger partial charge in [0.05, 0.1) is 10.5 Å². The fourth-order valence-corrected chi connectivity index (χ4v) is 1.99. The molecule has 2 aromatic rings. The van der Waals surface area contributed by atoms with Crippen molar-refractivity contribution in [3.63, 3.8) is 0 Å². The number of carbonyl (C=O) groups excluding carboxylic acids is 1. The van der Waals surface area contributed by atoms with Gasteiger partial charge in [-0.25, -0.2) is 0 Å². The van der Waals surface area contributed by atoms with Crippen molar-refractivity contribution < 1.29 is 9.72 Å². The third-order valence-electron chi connectivity index (χ3n) is 2.93. The summed E-state index contributed by atoms with van der Waals surface area (Å²) < 4.78 is 0. The van der Waals surface area contributed by atoms with Gasteiger partial charge in [0.1, 0.15) is 0 Å². The predicted molar refractivity (Wildman–Crippen MR) is 81.7 cm³/mol. The third kappa shape index (κ3) is 3.29. The molecule has 3 N–H and O–H groups in total. The highest BCUT2D eigenvalue weighted by atomic mass is 35.5. The molecule has 0 atom stereocenters. The number of nitro groups is 1. The molecular weight excluding hydrogens is 294 g/mol. The molecule has 1 amide bonds. The average Bonchev–Trinajstić information content (AvgIpc) is 2.43. The quantitative estimate of drug-likeness (QED) is 0.516. The van der Waals surface area contributed by atoms with E-state index >= 15 is 0 Å². The summed E-state index contributed by atoms with van der Waals surface area (Å²) in [6.07, 6.45) is 0. The van der Waals surface area contributed by atoms with Crippen molar-refractivity contribution in [1.29, 1.82) is 0 Å². The number of nitrogens with one attached hydrogen (secondary N) is 1. The maximum atomic E-state index is 12.2. The average molecular weight is 306 g/mol. The highest BCUT2D eigenvalue weighted by Gasteiger charge is 2.13. The molecule has 0 aliphatic carbocycles. The van der Waals surface area contributed by atoms with Crippen LogP contribution in [0.2, 0.25) is 5.02 Å². The van der Waals surface area contributed by atoms with E-state index in [1.165, 1.54) is 24.3 Å². The zero-order valence-electron chi connectivity index (χ0n) is 11.1. The summed E-state index contributed by atoms with van der Waals surface area (Å²) in [5.74, 6) is -0.424. The lowest BCUT2D eigenvalue weighted by Gasteiger charge is -2.10. The summed E-state index contributed by atoms with van der Waals surface area (Å²) in [6.45, 7) is 1.67. The van der Waals surface area contributed by atoms with Gasteiger partial charge in [-0.15, -0.1) is 0 Å². The monoisotopic (exact) mass is 305 g/mol. The number of hydrogen-bond acceptors (Lipinski definition) is 4. The number of nitrogens with zero attached hydrogens (tertiary/aromatic N) is 1. The molecule has 2 aromatic carbocycles. The van der Waals surface area contributed by atoms with Crippen molar-refractivity contribution in [2.45, 2.75) is 6.92 Å². The van der Waals surface area contributed by atoms with Gasteiger partial charge in [0.15, 0.2) is 0 Å². The van der Waals surface area contributed by atoms with Crippen LogP contribution in [0.3, 0.4) is 0 Å². The van der Waals surface area contributed by atoms with Gasteiger partial charge in [-0.2, -0.15) is 0 Å². The van der Waals surface area contributed by atoms with E-state index in [1.807, 2.05) is 0 Å². The SMILES string of the molecule is Cc1cc([N+](=O)[O-])ccc1NC(=O)c1cc(Cl)ccc1N. The van der Waals surface area contributed by atoms with Gasteiger partial charge in [0, 0.05) is 28.5 Å². The molecule has 108 valence electrons. The predicted octanol–water partition coefficient (Wildman–Crippen LogP) is 3.39. The first-order chi connectivity index (χ1) is 9.88. The fraction of sp³-hybridized carbons (Fsp3) is 0.0714. The van der Waals surface area contributed by atoms with Crippen LogP contribution in [0.1, 0.15) is 15.9 Å². The van der Waals surface area contributed by atoms with Crippen LogP contribution in [-0.4, -0.2) is 10.8 Å². The van der Waals surface area contributed by atoms with Crippen molar-refractivity contribution in [1.82, 2.24) is 0 Å². The van der Waals surface area contributed by atoms with E-state index in [9.17, 15) is 14.9 Å². The Morgan fingerprint density at radius 3 is 2.62 bits per heavy atom. The Morgan fingerprint density at radius 1 is 1.29 bits per heavy atom. The zero-order valence-corrected chi connectivity index (χ0v) is 11.8. The number of amides is 1. The van der Waals surface area contributed by atoms with E-state index in [2.05, 4.69) is 5.32 Å². The Hall–Kier alpha value is -2.60. The summed E-state index contributed by atoms with van der Waals surface area (Å²) >= 11 is 5.84. The molecule has 0 aliphatic rings. The first-order valence-electron chi connectivity index (χ1n) is 6.00. The van der Waals surface area contributed by atoms with Crippen molar-refractivity contribution in [2.75, 3.05) is 11.1 Å². The molecule has 0 bridgehead atoms. The van der Waals surface area contributed by atoms with Gasteiger partial charge in [-0.3, -0.25) is 14.9 Å². The Bertz CT molecular complexity index is 731. The highest BCUT2D eigenvalue weighted by Crippen LogP contribution is 2.23. The lowest BCUT2D eigenvalue weighted by atomic mass is 10.1. The smallest absolute Gasteiger partial charge is 0.269 e. The van der Waals surface area contributed by atoms with Gasteiger partial charge in [-0.1, -0.05) is 11.6 Å². The highest BCUT2D eigenvalue weighted by molar-refractivity contribution is 6.31. The first-order valence-corrected chi connectivity index (χ1v) is 6.37. The molecule has 0 saturated carbocycles. The van der Waals surface area contributed by atoms with E-state index in [4.69, 9.17) is 17.3 Å². The van der Waals surface area contributed by atoms with Crippen LogP contribution < -0.4 is 11.1 Å². The number of rotatable bonds is 3. The van der Waals surface area contributed by atoms with Crippen LogP contribution in [-0.2, 0) is 0 Å². The van der Waals surface area contributed by atoms with Crippen LogP contribution in [0, 0.1) is 17.0 Å². The number of benzene rings is 2. The van der Waals surface area contributed by atoms with Crippen LogP contribution in [0.15, 0.2) is 36.4 Å². The van der Waals surface area contributed by atoms with Crippen molar-refractivity contribution >= 4 is 34.6 Å². The standard InChI is InChI=1S/C14H12ClN3O3/c1-8-6-10(18(20)21)3-5-13(8)17-14(19)11-7-9(15)2-4-12(11)16/h2-7H,16H2,1H3,(H,17,19). The minimum absolute atomic E-state index is 0.0345. The number of nitrogen functional groups attached to an aromatic ring is 1. The van der Waals surface area contributed by atoms with Crippen molar-refractivity contribution in [3.05, 3.63) is 62.7 Å². The number of non-ortho nitro benzene ring substituents is 1. The minimum atomic E-state index is -0.493. The van der Waals surface area contributed by atoms with E-state index in [0.29, 0.717) is 22.0 Å². The van der Waals surface area contributed by atoms with Gasteiger partial charge in [0.25, 0.3) is 11.6 Å². The summed E-state index contributed by atoms with van der Waals surface area (Å²) in [5, 5.41) is 13.7. The largest absolute Gasteiger partial charge is 0.398 e. The summed E-state index contributed by atoms with van der Waals surface area (Å²) in [7, 11) is 0. The topological polar surface area (TPSA) is 98.3 Å². The van der Waals surface area contributed by atoms with Crippen LogP contribution in [0.4, 0.5) is 17.1 Å². The normalized spacial score (nSPS) is 10.2. The maximum absolute atomic E-state index is 12.2. The Labute approximate surface area is 125 Å². The summed E-state index contributed by atoms with van der Waals surface area (Å²) in [5.41, 5.74) is 7.31. The Morgan fingerprint density at radius 2 is 2.00 bits per heavy atom. The second-order valence-corrected chi connectivity index (χ2v) is 4.88. The maximum Gasteiger partial charge on any atom is 0.269 e. The second-order valence-electron chi connectivity index (χ2n) is 4.44. The minimum Gasteiger partial charge on any atom is -0.398 e. The van der Waals surface area contributed by atoms with Gasteiger partial charge in [-0.05, 0) is 36.8 Å². The van der Waals surface area contributed by atoms with E-state index in [0.717, 1.165) is 0 Å². The fourth-order valence-electron chi connectivity index (χ4n) is 1.82. The molecule has 0 aromatic heterocycles. The van der Waals surface area contributed by atoms with Crippen molar-refractivity contribution in [3.8, 4) is 0 Å². The second kappa shape index (κ2) is 5.80. The van der Waals surface area contributed by atoms with Crippen LogP contribution in [0.25, 0.3) is 0 Å². The number of aryl methyl sites for hydroxylation is 1. The lowest BCUT2D eigenvalue weighted by Crippen LogP contribution is -2.14. The lowest BCUT2D eigenvalue weighted by molar-refractivity contribution is -0.384. The molecule has 21 heavy (non-hydrogen) atoms.